The highest BCUT2D eigenvalue weighted by molar-refractivity contribution is 6.37. The van der Waals surface area contributed by atoms with Crippen molar-refractivity contribution in [2.24, 2.45) is 0 Å². The number of hydrogen-bond acceptors (Lipinski definition) is 5. The first-order valence-corrected chi connectivity index (χ1v) is 9.83. The smallest absolute Gasteiger partial charge is 0.231 e. The van der Waals surface area contributed by atoms with Gasteiger partial charge in [-0.25, -0.2) is 0 Å². The predicted molar refractivity (Wildman–Crippen MR) is 110 cm³/mol. The van der Waals surface area contributed by atoms with Crippen LogP contribution in [0, 0.1) is 0 Å². The lowest BCUT2D eigenvalue weighted by molar-refractivity contribution is 0.101. The maximum absolute atomic E-state index is 12.8. The Morgan fingerprint density at radius 3 is 2.46 bits per heavy atom. The molecular weight excluding hydrogens is 399 g/mol. The monoisotopic (exact) mass is 418 g/mol. The van der Waals surface area contributed by atoms with E-state index in [0.29, 0.717) is 39.0 Å². The highest BCUT2D eigenvalue weighted by Gasteiger charge is 2.32. The van der Waals surface area contributed by atoms with Crippen molar-refractivity contribution in [1.29, 1.82) is 0 Å². The minimum Gasteiger partial charge on any atom is -0.507 e. The number of aromatic hydroxyl groups is 1. The lowest BCUT2D eigenvalue weighted by Gasteiger charge is -2.32. The van der Waals surface area contributed by atoms with Crippen LogP contribution in [0.2, 0.25) is 10.0 Å². The Kier molecular flexibility index (Phi) is 5.34. The van der Waals surface area contributed by atoms with E-state index < -0.39 is 0 Å². The van der Waals surface area contributed by atoms with Gasteiger partial charge in [0.05, 0.1) is 11.1 Å². The van der Waals surface area contributed by atoms with Gasteiger partial charge in [0, 0.05) is 48.3 Å². The molecule has 0 saturated carbocycles. The van der Waals surface area contributed by atoms with Gasteiger partial charge in [0.25, 0.3) is 0 Å². The number of carbonyl (C=O) groups is 1. The van der Waals surface area contributed by atoms with Crippen LogP contribution in [0.25, 0.3) is 6.08 Å². The van der Waals surface area contributed by atoms with Crippen LogP contribution in [0.4, 0.5) is 0 Å². The first-order valence-electron chi connectivity index (χ1n) is 9.08. The van der Waals surface area contributed by atoms with E-state index in [-0.39, 0.29) is 17.3 Å². The van der Waals surface area contributed by atoms with Crippen LogP contribution in [-0.4, -0.2) is 53.9 Å². The maximum Gasteiger partial charge on any atom is 0.231 e. The third-order valence-electron chi connectivity index (χ3n) is 5.17. The number of hydrogen-bond donors (Lipinski definition) is 1. The van der Waals surface area contributed by atoms with E-state index in [4.69, 9.17) is 27.9 Å². The molecule has 2 aliphatic heterocycles. The second-order valence-corrected chi connectivity index (χ2v) is 7.91. The maximum atomic E-state index is 12.8. The Morgan fingerprint density at radius 1 is 1.11 bits per heavy atom. The summed E-state index contributed by atoms with van der Waals surface area (Å²) in [4.78, 5) is 17.4. The molecule has 1 saturated heterocycles. The molecule has 28 heavy (non-hydrogen) atoms. The number of carbonyl (C=O) groups excluding carboxylic acids is 1. The molecule has 0 aliphatic carbocycles. The Hall–Kier alpha value is -2.05. The number of nitrogens with zero attached hydrogens (tertiary/aromatic N) is 2. The fourth-order valence-corrected chi connectivity index (χ4v) is 3.97. The average molecular weight is 419 g/mol. The van der Waals surface area contributed by atoms with Gasteiger partial charge in [0.1, 0.15) is 11.5 Å². The van der Waals surface area contributed by atoms with E-state index in [1.165, 1.54) is 0 Å². The van der Waals surface area contributed by atoms with Crippen molar-refractivity contribution in [2.75, 3.05) is 33.2 Å². The summed E-state index contributed by atoms with van der Waals surface area (Å²) < 4.78 is 5.90. The number of ether oxygens (including phenoxy) is 1. The normalized spacial score (nSPS) is 19.1. The standard InChI is InChI=1S/C21H20Cl2N2O3/c1-24-7-9-25(10-8-24)12-15-18(26)6-5-13-20(27)19(28-21(13)15)11-14-16(22)3-2-4-17(14)23/h2-6,11,26H,7-10,12H2,1H3/b19-11+. The van der Waals surface area contributed by atoms with Crippen LogP contribution in [-0.2, 0) is 6.54 Å². The van der Waals surface area contributed by atoms with Crippen molar-refractivity contribution >= 4 is 35.1 Å². The quantitative estimate of drug-likeness (QED) is 0.761. The molecule has 4 rings (SSSR count). The molecule has 2 aliphatic rings. The number of phenolic OH excluding ortho intramolecular Hbond substituents is 1. The van der Waals surface area contributed by atoms with Gasteiger partial charge in [-0.3, -0.25) is 9.69 Å². The van der Waals surface area contributed by atoms with Gasteiger partial charge in [0.2, 0.25) is 5.78 Å². The van der Waals surface area contributed by atoms with E-state index in [9.17, 15) is 9.90 Å². The van der Waals surface area contributed by atoms with Crippen molar-refractivity contribution in [2.45, 2.75) is 6.54 Å². The molecule has 2 aromatic carbocycles. The number of ketones is 1. The van der Waals surface area contributed by atoms with Crippen molar-refractivity contribution < 1.29 is 14.6 Å². The molecule has 7 heteroatoms. The van der Waals surface area contributed by atoms with Gasteiger partial charge < -0.3 is 14.7 Å². The molecule has 1 fully saturated rings. The predicted octanol–water partition coefficient (Wildman–Crippen LogP) is 4.06. The molecule has 0 bridgehead atoms. The molecule has 0 amide bonds. The van der Waals surface area contributed by atoms with Crippen LogP contribution in [0.1, 0.15) is 21.5 Å². The number of halogens is 2. The molecule has 1 N–H and O–H groups in total. The van der Waals surface area contributed by atoms with Gasteiger partial charge in [-0.1, -0.05) is 29.3 Å². The zero-order chi connectivity index (χ0) is 19.8. The summed E-state index contributed by atoms with van der Waals surface area (Å²) >= 11 is 12.4. The second-order valence-electron chi connectivity index (χ2n) is 7.09. The third-order valence-corrected chi connectivity index (χ3v) is 5.83. The van der Waals surface area contributed by atoms with E-state index in [1.807, 2.05) is 0 Å². The second kappa shape index (κ2) is 7.76. The highest BCUT2D eigenvalue weighted by Crippen LogP contribution is 2.41. The van der Waals surface area contributed by atoms with Gasteiger partial charge >= 0.3 is 0 Å². The van der Waals surface area contributed by atoms with Crippen LogP contribution in [0.15, 0.2) is 36.1 Å². The first-order chi connectivity index (χ1) is 13.4. The zero-order valence-electron chi connectivity index (χ0n) is 15.4. The van der Waals surface area contributed by atoms with E-state index in [1.54, 1.807) is 36.4 Å². The van der Waals surface area contributed by atoms with Crippen LogP contribution < -0.4 is 4.74 Å². The van der Waals surface area contributed by atoms with Crippen LogP contribution >= 0.6 is 23.2 Å². The summed E-state index contributed by atoms with van der Waals surface area (Å²) in [6.07, 6.45) is 1.56. The molecule has 0 atom stereocenters. The molecule has 0 radical (unpaired) electrons. The number of allylic oxidation sites excluding steroid dienone is 1. The van der Waals surface area contributed by atoms with E-state index in [2.05, 4.69) is 16.8 Å². The highest BCUT2D eigenvalue weighted by atomic mass is 35.5. The van der Waals surface area contributed by atoms with Gasteiger partial charge in [0.15, 0.2) is 5.76 Å². The van der Waals surface area contributed by atoms with E-state index in [0.717, 1.165) is 26.2 Å². The molecule has 146 valence electrons. The largest absolute Gasteiger partial charge is 0.507 e. The molecular formula is C21H20Cl2N2O3. The third kappa shape index (κ3) is 3.63. The van der Waals surface area contributed by atoms with Crippen molar-refractivity contribution in [3.63, 3.8) is 0 Å². The summed E-state index contributed by atoms with van der Waals surface area (Å²) in [6.45, 7) is 4.24. The molecule has 2 aromatic rings. The Labute approximate surface area is 173 Å². The van der Waals surface area contributed by atoms with Crippen LogP contribution in [0.5, 0.6) is 11.5 Å². The fraction of sp³-hybridized carbons (Fsp3) is 0.286. The summed E-state index contributed by atoms with van der Waals surface area (Å²) in [5.74, 6) is 0.446. The number of phenols is 1. The van der Waals surface area contributed by atoms with Crippen LogP contribution in [0.3, 0.4) is 0 Å². The lowest BCUT2D eigenvalue weighted by atomic mass is 10.0. The summed E-state index contributed by atoms with van der Waals surface area (Å²) in [6, 6.07) is 8.30. The van der Waals surface area contributed by atoms with E-state index >= 15 is 0 Å². The fourth-order valence-electron chi connectivity index (χ4n) is 3.46. The van der Waals surface area contributed by atoms with Crippen molar-refractivity contribution in [1.82, 2.24) is 9.80 Å². The molecule has 0 spiro atoms. The minimum absolute atomic E-state index is 0.127. The number of fused-ring (bicyclic) bond motifs is 1. The van der Waals surface area contributed by atoms with Crippen molar-refractivity contribution in [3.05, 3.63) is 62.8 Å². The average Bonchev–Trinajstić information content (AvgIpc) is 2.98. The SMILES string of the molecule is CN1CCN(Cc2c(O)ccc3c2O/C(=C/c2c(Cl)cccc2Cl)C3=O)CC1. The molecule has 0 aromatic heterocycles. The summed E-state index contributed by atoms with van der Waals surface area (Å²) in [5.41, 5.74) is 1.60. The minimum atomic E-state index is -0.245. The number of rotatable bonds is 3. The number of Topliss-reactive ketones (excluding diaryl/α,β-unsaturated/α-hetero) is 1. The zero-order valence-corrected chi connectivity index (χ0v) is 16.9. The number of benzene rings is 2. The van der Waals surface area contributed by atoms with Gasteiger partial charge in [-0.15, -0.1) is 0 Å². The van der Waals surface area contributed by atoms with Gasteiger partial charge in [-0.05, 0) is 37.4 Å². The summed E-state index contributed by atoms with van der Waals surface area (Å²) in [7, 11) is 2.09. The Balaban J connectivity index is 1.66. The Bertz CT molecular complexity index is 946. The first kappa shape index (κ1) is 19.3. The molecule has 0 unspecified atom stereocenters. The summed E-state index contributed by atoms with van der Waals surface area (Å²) in [5, 5.41) is 11.3. The number of likely N-dealkylation sites (N-methyl/N-ethyl adjacent to an activating group) is 1. The molecule has 5 nitrogen and oxygen atoms in total. The van der Waals surface area contributed by atoms with Gasteiger partial charge in [-0.2, -0.15) is 0 Å². The Morgan fingerprint density at radius 2 is 1.79 bits per heavy atom. The number of piperazine rings is 1. The topological polar surface area (TPSA) is 53.0 Å². The lowest BCUT2D eigenvalue weighted by Crippen LogP contribution is -2.43. The van der Waals surface area contributed by atoms with Crippen molar-refractivity contribution in [3.8, 4) is 11.5 Å². The molecule has 2 heterocycles.